The minimum atomic E-state index is -0.683. The van der Waals surface area contributed by atoms with Crippen molar-refractivity contribution < 1.29 is 28.7 Å². The van der Waals surface area contributed by atoms with E-state index in [9.17, 15) is 19.2 Å². The number of thioether (sulfide) groups is 1. The van der Waals surface area contributed by atoms with Gasteiger partial charge in [-0.15, -0.1) is 23.1 Å². The van der Waals surface area contributed by atoms with E-state index in [1.54, 1.807) is 11.3 Å². The van der Waals surface area contributed by atoms with Crippen LogP contribution >= 0.6 is 23.1 Å². The monoisotopic (exact) mass is 802 g/mol. The maximum absolute atomic E-state index is 13.6. The number of aromatic nitrogens is 4. The average molecular weight is 803 g/mol. The maximum Gasteiger partial charge on any atom is 0.407 e. The number of nitrogens with zero attached hydrogens (tertiary/aromatic N) is 4. The van der Waals surface area contributed by atoms with Gasteiger partial charge in [-0.05, 0) is 48.6 Å². The van der Waals surface area contributed by atoms with Gasteiger partial charge in [0.15, 0.2) is 0 Å². The van der Waals surface area contributed by atoms with Crippen molar-refractivity contribution in [2.45, 2.75) is 88.4 Å². The van der Waals surface area contributed by atoms with Crippen LogP contribution in [0.3, 0.4) is 0 Å². The van der Waals surface area contributed by atoms with Crippen molar-refractivity contribution in [2.75, 3.05) is 33.1 Å². The first-order valence-corrected chi connectivity index (χ1v) is 21.1. The van der Waals surface area contributed by atoms with Crippen molar-refractivity contribution in [3.05, 3.63) is 64.1 Å². The number of methoxy groups -OCH3 is 2. The predicted octanol–water partition coefficient (Wildman–Crippen LogP) is 6.85. The number of carbonyl (C=O) groups is 4. The standard InChI is InChI=1S/C40H50N8O6S2/c1-21(2)31(45-39(51)53-5)37(49)47-15-7-9-29(47)35-41-17-27(43-35)24-13-11-23(12-14-24)25-19-55-34-26(20-56-33(25)34)28-18-42-36(44-28)30-10-8-16-48(30)38(50)32(22(3)4)46-40(52)54-6/h11-14,17-18,20-22,25,29-32H,7-10,15-16,19H2,1-6H3,(H,41,43)(H,42,44)(H,45,51)(H,46,52)/t25?,29?,30-,31-,32-/m0/s1. The lowest BCUT2D eigenvalue weighted by Crippen LogP contribution is -2.51. The third-order valence-electron chi connectivity index (χ3n) is 11.1. The van der Waals surface area contributed by atoms with Crippen LogP contribution in [-0.4, -0.2) is 98.9 Å². The van der Waals surface area contributed by atoms with Gasteiger partial charge < -0.3 is 39.9 Å². The highest BCUT2D eigenvalue weighted by Gasteiger charge is 2.39. The first-order valence-electron chi connectivity index (χ1n) is 19.2. The largest absolute Gasteiger partial charge is 0.453 e. The summed E-state index contributed by atoms with van der Waals surface area (Å²) in [6.45, 7) is 8.84. The zero-order valence-electron chi connectivity index (χ0n) is 32.6. The SMILES string of the molecule is COC(=O)N[C@H](C(=O)N1CCCC1c1ncc(-c2ccc(C3CSc4c(-c5cnc([C@@H]6CCCN6C(=O)[C@@H](NC(=O)OC)C(C)C)[nH]5)csc43)cc2)[nH]1)C(C)C. The lowest BCUT2D eigenvalue weighted by Gasteiger charge is -2.30. The van der Waals surface area contributed by atoms with Crippen LogP contribution in [0.1, 0.15) is 93.5 Å². The molecule has 3 aliphatic rings. The number of hydrogen-bond acceptors (Lipinski definition) is 10. The zero-order chi connectivity index (χ0) is 39.7. The van der Waals surface area contributed by atoms with Crippen LogP contribution in [0.4, 0.5) is 9.59 Å². The summed E-state index contributed by atoms with van der Waals surface area (Å²) < 4.78 is 9.54. The number of fused-ring (bicyclic) bond motifs is 1. The Morgan fingerprint density at radius 1 is 0.786 bits per heavy atom. The maximum atomic E-state index is 13.6. The van der Waals surface area contributed by atoms with Crippen LogP contribution < -0.4 is 10.6 Å². The molecule has 1 aromatic carbocycles. The minimum absolute atomic E-state index is 0.0996. The molecule has 0 spiro atoms. The number of benzene rings is 1. The van der Waals surface area contributed by atoms with Gasteiger partial charge in [0.05, 0.1) is 50.1 Å². The summed E-state index contributed by atoms with van der Waals surface area (Å²) in [6.07, 6.45) is 5.76. The Bertz CT molecular complexity index is 2060. The van der Waals surface area contributed by atoms with Gasteiger partial charge in [0, 0.05) is 45.5 Å². The molecule has 4 amide bonds. The molecule has 0 radical (unpaired) electrons. The Morgan fingerprint density at radius 2 is 1.30 bits per heavy atom. The lowest BCUT2D eigenvalue weighted by molar-refractivity contribution is -0.136. The summed E-state index contributed by atoms with van der Waals surface area (Å²) in [7, 11) is 2.59. The van der Waals surface area contributed by atoms with Gasteiger partial charge in [-0.3, -0.25) is 9.59 Å². The second-order valence-electron chi connectivity index (χ2n) is 15.3. The van der Waals surface area contributed by atoms with E-state index in [2.05, 4.69) is 50.2 Å². The van der Waals surface area contributed by atoms with Gasteiger partial charge >= 0.3 is 12.2 Å². The number of rotatable bonds is 11. The molecule has 0 saturated carbocycles. The Balaban J connectivity index is 1.03. The number of imidazole rings is 2. The number of hydrogen-bond donors (Lipinski definition) is 4. The quantitative estimate of drug-likeness (QED) is 0.126. The van der Waals surface area contributed by atoms with Crippen LogP contribution in [0.5, 0.6) is 0 Å². The third kappa shape index (κ3) is 7.77. The van der Waals surface area contributed by atoms with Gasteiger partial charge in [0.25, 0.3) is 0 Å². The highest BCUT2D eigenvalue weighted by atomic mass is 32.2. The van der Waals surface area contributed by atoms with Gasteiger partial charge in [-0.1, -0.05) is 52.0 Å². The number of likely N-dealkylation sites (tertiary alicyclic amines) is 2. The van der Waals surface area contributed by atoms with Crippen LogP contribution in [0.25, 0.3) is 22.5 Å². The average Bonchev–Trinajstić information content (AvgIpc) is 4.04. The number of amides is 4. The fourth-order valence-corrected chi connectivity index (χ4v) is 10.9. The summed E-state index contributed by atoms with van der Waals surface area (Å²) in [5, 5.41) is 7.61. The van der Waals surface area contributed by atoms with Gasteiger partial charge in [-0.25, -0.2) is 19.6 Å². The number of thiophene rings is 1. The number of aromatic amines is 2. The minimum Gasteiger partial charge on any atom is -0.453 e. The number of nitrogens with one attached hydrogen (secondary N) is 4. The van der Waals surface area contributed by atoms with E-state index in [0.29, 0.717) is 13.1 Å². The Kier molecular flexibility index (Phi) is 11.8. The topological polar surface area (TPSA) is 175 Å². The van der Waals surface area contributed by atoms with Crippen LogP contribution in [0.2, 0.25) is 0 Å². The molecule has 3 aromatic heterocycles. The van der Waals surface area contributed by atoms with Crippen LogP contribution in [0.15, 0.2) is 46.9 Å². The van der Waals surface area contributed by atoms with E-state index in [4.69, 9.17) is 19.4 Å². The Morgan fingerprint density at radius 3 is 1.82 bits per heavy atom. The molecule has 5 atom stereocenters. The summed E-state index contributed by atoms with van der Waals surface area (Å²) in [4.78, 5) is 73.9. The molecule has 298 valence electrons. The Labute approximate surface area is 334 Å². The van der Waals surface area contributed by atoms with Crippen molar-refractivity contribution in [1.82, 2.24) is 40.4 Å². The van der Waals surface area contributed by atoms with Crippen LogP contribution in [-0.2, 0) is 19.1 Å². The molecule has 6 heterocycles. The van der Waals surface area contributed by atoms with E-state index >= 15 is 0 Å². The second-order valence-corrected chi connectivity index (χ2v) is 17.2. The molecule has 56 heavy (non-hydrogen) atoms. The van der Waals surface area contributed by atoms with Gasteiger partial charge in [0.1, 0.15) is 23.7 Å². The normalized spacial score (nSPS) is 20.3. The van der Waals surface area contributed by atoms with Crippen molar-refractivity contribution >= 4 is 47.1 Å². The lowest BCUT2D eigenvalue weighted by atomic mass is 9.97. The summed E-state index contributed by atoms with van der Waals surface area (Å²) in [5.74, 6) is 2.23. The van der Waals surface area contributed by atoms with Gasteiger partial charge in [-0.2, -0.15) is 0 Å². The number of alkyl carbamates (subject to hydrolysis) is 2. The number of carbonyl (C=O) groups excluding carboxylic acids is 4. The molecule has 2 fully saturated rings. The van der Waals surface area contributed by atoms with E-state index < -0.39 is 24.3 Å². The summed E-state index contributed by atoms with van der Waals surface area (Å²) in [6, 6.07) is 6.86. The molecule has 0 aliphatic carbocycles. The molecular weight excluding hydrogens is 753 g/mol. The van der Waals surface area contributed by atoms with Crippen molar-refractivity contribution in [3.63, 3.8) is 0 Å². The number of H-pyrrole nitrogens is 2. The molecule has 2 unspecified atom stereocenters. The van der Waals surface area contributed by atoms with Gasteiger partial charge in [0.2, 0.25) is 11.8 Å². The highest BCUT2D eigenvalue weighted by Crippen LogP contribution is 2.51. The van der Waals surface area contributed by atoms with Crippen molar-refractivity contribution in [2.24, 2.45) is 11.8 Å². The first kappa shape index (κ1) is 39.4. The molecule has 4 aromatic rings. The predicted molar refractivity (Wildman–Crippen MR) is 214 cm³/mol. The Hall–Kier alpha value is -4.83. The number of ether oxygens (including phenoxy) is 2. The molecule has 14 nitrogen and oxygen atoms in total. The van der Waals surface area contributed by atoms with Crippen molar-refractivity contribution in [3.8, 4) is 22.5 Å². The summed E-state index contributed by atoms with van der Waals surface area (Å²) >= 11 is 3.62. The van der Waals surface area contributed by atoms with E-state index in [1.165, 1.54) is 29.6 Å². The first-order chi connectivity index (χ1) is 27.0. The molecule has 0 bridgehead atoms. The fourth-order valence-electron chi connectivity index (χ4n) is 8.00. The molecule has 16 heteroatoms. The van der Waals surface area contributed by atoms with Crippen LogP contribution in [0, 0.1) is 11.8 Å². The van der Waals surface area contributed by atoms with E-state index in [0.717, 1.165) is 65.6 Å². The molecule has 7 rings (SSSR count). The highest BCUT2D eigenvalue weighted by molar-refractivity contribution is 8.00. The van der Waals surface area contributed by atoms with E-state index in [1.807, 2.05) is 61.7 Å². The summed E-state index contributed by atoms with van der Waals surface area (Å²) in [5.41, 5.74) is 5.20. The molecular formula is C40H50N8O6S2. The zero-order valence-corrected chi connectivity index (χ0v) is 34.2. The molecule has 4 N–H and O–H groups in total. The fraction of sp³-hybridized carbons (Fsp3) is 0.500. The van der Waals surface area contributed by atoms with Crippen molar-refractivity contribution in [1.29, 1.82) is 0 Å². The second kappa shape index (κ2) is 16.7. The third-order valence-corrected chi connectivity index (χ3v) is 13.5. The van der Waals surface area contributed by atoms with E-state index in [-0.39, 0.29) is 41.7 Å². The molecule has 2 saturated heterocycles. The molecule has 3 aliphatic heterocycles. The smallest absolute Gasteiger partial charge is 0.407 e.